The molecule has 9 heteroatoms. The molecule has 170 valence electrons. The normalized spacial score (nSPS) is 11.9. The van der Waals surface area contributed by atoms with Crippen molar-refractivity contribution in [2.24, 2.45) is 0 Å². The van der Waals surface area contributed by atoms with Gasteiger partial charge in [-0.25, -0.2) is 9.18 Å². The van der Waals surface area contributed by atoms with Gasteiger partial charge in [0, 0.05) is 5.56 Å². The van der Waals surface area contributed by atoms with Gasteiger partial charge < -0.3 is 18.5 Å². The molecule has 1 atom stereocenters. The minimum Gasteiger partial charge on any atom is -0.489 e. The van der Waals surface area contributed by atoms with E-state index in [1.165, 1.54) is 6.07 Å². The fourth-order valence-corrected chi connectivity index (χ4v) is 3.08. The van der Waals surface area contributed by atoms with Crippen molar-refractivity contribution in [1.29, 1.82) is 0 Å². The van der Waals surface area contributed by atoms with Crippen LogP contribution in [0, 0.1) is 26.6 Å². The Bertz CT molecular complexity index is 1260. The molecule has 0 aliphatic carbocycles. The molecule has 1 unspecified atom stereocenters. The van der Waals surface area contributed by atoms with Crippen molar-refractivity contribution >= 4 is 5.97 Å². The van der Waals surface area contributed by atoms with Gasteiger partial charge in [-0.3, -0.25) is 0 Å². The van der Waals surface area contributed by atoms with E-state index < -0.39 is 12.1 Å². The lowest BCUT2D eigenvalue weighted by atomic mass is 10.1. The summed E-state index contributed by atoms with van der Waals surface area (Å²) < 4.78 is 35.3. The van der Waals surface area contributed by atoms with E-state index in [0.717, 1.165) is 11.3 Å². The van der Waals surface area contributed by atoms with Gasteiger partial charge in [0.1, 0.15) is 23.9 Å². The van der Waals surface area contributed by atoms with Crippen molar-refractivity contribution in [2.75, 3.05) is 0 Å². The Morgan fingerprint density at radius 3 is 2.48 bits per heavy atom. The number of halogens is 1. The molecule has 33 heavy (non-hydrogen) atoms. The Hall–Kier alpha value is -4.01. The fourth-order valence-electron chi connectivity index (χ4n) is 3.08. The van der Waals surface area contributed by atoms with Crippen LogP contribution in [0.2, 0.25) is 0 Å². The van der Waals surface area contributed by atoms with Gasteiger partial charge >= 0.3 is 5.97 Å². The van der Waals surface area contributed by atoms with Gasteiger partial charge in [-0.2, -0.15) is 4.98 Å². The van der Waals surface area contributed by atoms with E-state index in [1.807, 2.05) is 13.8 Å². The standard InChI is InChI=1S/C24H22FN3O5/c1-13-5-6-18(11-21(13)25)22-26-23(33-28-22)16(4)31-24(29)17-7-9-19(10-8-17)30-12-20-14(2)27-32-15(20)3/h5-11,16H,12H2,1-4H3. The number of ether oxygens (including phenoxy) is 2. The summed E-state index contributed by atoms with van der Waals surface area (Å²) in [6.45, 7) is 7.27. The van der Waals surface area contributed by atoms with E-state index in [1.54, 1.807) is 50.2 Å². The molecular formula is C24H22FN3O5. The van der Waals surface area contributed by atoms with Crippen molar-refractivity contribution in [2.45, 2.75) is 40.4 Å². The van der Waals surface area contributed by atoms with E-state index in [-0.39, 0.29) is 17.5 Å². The number of carbonyl (C=O) groups excluding carboxylic acids is 1. The van der Waals surface area contributed by atoms with Crippen molar-refractivity contribution in [1.82, 2.24) is 15.3 Å². The minimum absolute atomic E-state index is 0.110. The lowest BCUT2D eigenvalue weighted by molar-refractivity contribution is 0.0265. The van der Waals surface area contributed by atoms with Gasteiger partial charge in [-0.05, 0) is 63.6 Å². The van der Waals surface area contributed by atoms with Gasteiger partial charge in [-0.1, -0.05) is 22.4 Å². The first kappa shape index (κ1) is 22.2. The first-order chi connectivity index (χ1) is 15.8. The zero-order valence-electron chi connectivity index (χ0n) is 18.6. The highest BCUT2D eigenvalue weighted by molar-refractivity contribution is 5.89. The van der Waals surface area contributed by atoms with E-state index in [2.05, 4.69) is 15.3 Å². The molecule has 0 aliphatic heterocycles. The summed E-state index contributed by atoms with van der Waals surface area (Å²) in [4.78, 5) is 16.7. The molecular weight excluding hydrogens is 429 g/mol. The molecule has 2 aromatic carbocycles. The van der Waals surface area contributed by atoms with Crippen LogP contribution >= 0.6 is 0 Å². The van der Waals surface area contributed by atoms with Crippen LogP contribution in [0.5, 0.6) is 5.75 Å². The van der Waals surface area contributed by atoms with Gasteiger partial charge in [0.05, 0.1) is 16.8 Å². The van der Waals surface area contributed by atoms with E-state index >= 15 is 0 Å². The van der Waals surface area contributed by atoms with Crippen molar-refractivity contribution in [3.8, 4) is 17.1 Å². The average Bonchev–Trinajstić information content (AvgIpc) is 3.42. The Morgan fingerprint density at radius 2 is 1.82 bits per heavy atom. The van der Waals surface area contributed by atoms with Crippen LogP contribution in [0.3, 0.4) is 0 Å². The highest BCUT2D eigenvalue weighted by atomic mass is 19.1. The van der Waals surface area contributed by atoms with Crippen LogP contribution < -0.4 is 4.74 Å². The Kier molecular flexibility index (Phi) is 6.21. The molecule has 0 amide bonds. The summed E-state index contributed by atoms with van der Waals surface area (Å²) in [5.41, 5.74) is 2.99. The van der Waals surface area contributed by atoms with Crippen LogP contribution in [0.1, 0.15) is 51.9 Å². The summed E-state index contributed by atoms with van der Waals surface area (Å²) in [6.07, 6.45) is -0.787. The fraction of sp³-hybridized carbons (Fsp3) is 0.250. The lowest BCUT2D eigenvalue weighted by Crippen LogP contribution is -2.09. The quantitative estimate of drug-likeness (QED) is 0.350. The Morgan fingerprint density at radius 1 is 1.06 bits per heavy atom. The second-order valence-electron chi connectivity index (χ2n) is 7.58. The number of rotatable bonds is 7. The summed E-state index contributed by atoms with van der Waals surface area (Å²) in [5.74, 6) is 0.702. The van der Waals surface area contributed by atoms with Gasteiger partial charge in [0.15, 0.2) is 6.10 Å². The molecule has 4 aromatic rings. The van der Waals surface area contributed by atoms with Crippen molar-refractivity contribution < 1.29 is 27.7 Å². The maximum atomic E-state index is 13.8. The smallest absolute Gasteiger partial charge is 0.338 e. The first-order valence-electron chi connectivity index (χ1n) is 10.3. The van der Waals surface area contributed by atoms with E-state index in [4.69, 9.17) is 18.5 Å². The summed E-state index contributed by atoms with van der Waals surface area (Å²) in [6, 6.07) is 11.2. The van der Waals surface area contributed by atoms with Crippen LogP contribution in [0.15, 0.2) is 51.5 Å². The number of carbonyl (C=O) groups is 1. The molecule has 0 aliphatic rings. The molecule has 0 radical (unpaired) electrons. The molecule has 0 fully saturated rings. The second-order valence-corrected chi connectivity index (χ2v) is 7.58. The Labute approximate surface area is 189 Å². The number of hydrogen-bond acceptors (Lipinski definition) is 8. The number of hydrogen-bond donors (Lipinski definition) is 0. The predicted octanol–water partition coefficient (Wildman–Crippen LogP) is 5.29. The average molecular weight is 451 g/mol. The zero-order valence-corrected chi connectivity index (χ0v) is 18.6. The predicted molar refractivity (Wildman–Crippen MR) is 115 cm³/mol. The highest BCUT2D eigenvalue weighted by Crippen LogP contribution is 2.24. The Balaban J connectivity index is 1.37. The third-order valence-electron chi connectivity index (χ3n) is 5.16. The molecule has 0 N–H and O–H groups in total. The van der Waals surface area contributed by atoms with E-state index in [0.29, 0.717) is 34.8 Å². The zero-order chi connectivity index (χ0) is 23.5. The van der Waals surface area contributed by atoms with Gasteiger partial charge in [0.25, 0.3) is 5.89 Å². The summed E-state index contributed by atoms with van der Waals surface area (Å²) >= 11 is 0. The molecule has 2 aromatic heterocycles. The maximum Gasteiger partial charge on any atom is 0.338 e. The maximum absolute atomic E-state index is 13.8. The van der Waals surface area contributed by atoms with Gasteiger partial charge in [-0.15, -0.1) is 0 Å². The topological polar surface area (TPSA) is 100 Å². The molecule has 2 heterocycles. The number of aryl methyl sites for hydroxylation is 3. The van der Waals surface area contributed by atoms with Crippen molar-refractivity contribution in [3.05, 3.63) is 82.3 Å². The van der Waals surface area contributed by atoms with Crippen LogP contribution in [-0.4, -0.2) is 21.3 Å². The number of aromatic nitrogens is 3. The SMILES string of the molecule is Cc1ccc(-c2noc(C(C)OC(=O)c3ccc(OCc4c(C)noc4C)cc3)n2)cc1F. The number of esters is 1. The molecule has 8 nitrogen and oxygen atoms in total. The van der Waals surface area contributed by atoms with Crippen LogP contribution in [-0.2, 0) is 11.3 Å². The van der Waals surface area contributed by atoms with Gasteiger partial charge in [0.2, 0.25) is 5.82 Å². The summed E-state index contributed by atoms with van der Waals surface area (Å²) in [7, 11) is 0. The first-order valence-corrected chi connectivity index (χ1v) is 10.3. The molecule has 0 spiro atoms. The second kappa shape index (κ2) is 9.23. The summed E-state index contributed by atoms with van der Waals surface area (Å²) in [5, 5.41) is 7.75. The van der Waals surface area contributed by atoms with E-state index in [9.17, 15) is 9.18 Å². The largest absolute Gasteiger partial charge is 0.489 e. The molecule has 0 saturated carbocycles. The molecule has 0 saturated heterocycles. The van der Waals surface area contributed by atoms with Crippen LogP contribution in [0.4, 0.5) is 4.39 Å². The van der Waals surface area contributed by atoms with Crippen molar-refractivity contribution in [3.63, 3.8) is 0 Å². The molecule has 0 bridgehead atoms. The third kappa shape index (κ3) is 4.92. The lowest BCUT2D eigenvalue weighted by Gasteiger charge is -2.10. The number of benzene rings is 2. The third-order valence-corrected chi connectivity index (χ3v) is 5.16. The molecule has 4 rings (SSSR count). The number of nitrogens with zero attached hydrogens (tertiary/aromatic N) is 3. The monoisotopic (exact) mass is 451 g/mol. The van der Waals surface area contributed by atoms with Crippen LogP contribution in [0.25, 0.3) is 11.4 Å². The highest BCUT2D eigenvalue weighted by Gasteiger charge is 2.21. The minimum atomic E-state index is -0.787.